The van der Waals surface area contributed by atoms with E-state index in [4.69, 9.17) is 0 Å². The summed E-state index contributed by atoms with van der Waals surface area (Å²) in [6.45, 7) is 4.43. The number of hydrogen-bond donors (Lipinski definition) is 4. The molecule has 1 amide bonds. The van der Waals surface area contributed by atoms with Crippen LogP contribution in [0, 0.1) is 0 Å². The molecule has 0 saturated heterocycles. The molecule has 0 aromatic carbocycles. The Morgan fingerprint density at radius 1 is 0.518 bits per heavy atom. The number of aliphatic hydroxyl groups excluding tert-OH is 2. The number of aliphatic hydroxyl groups is 2. The van der Waals surface area contributed by atoms with Crippen molar-refractivity contribution in [1.82, 2.24) is 5.32 Å². The Hall–Kier alpha value is -1.74. The van der Waals surface area contributed by atoms with Gasteiger partial charge in [-0.1, -0.05) is 217 Å². The van der Waals surface area contributed by atoms with E-state index in [9.17, 15) is 28.0 Å². The van der Waals surface area contributed by atoms with Gasteiger partial charge >= 0.3 is 0 Å². The molecule has 0 bridgehead atoms. The smallest absolute Gasteiger partial charge is 0.267 e. The maximum absolute atomic E-state index is 12.6. The van der Waals surface area contributed by atoms with E-state index in [1.807, 2.05) is 0 Å². The summed E-state index contributed by atoms with van der Waals surface area (Å²) >= 11 is 0. The summed E-state index contributed by atoms with van der Waals surface area (Å²) in [7, 11) is -4.46. The minimum atomic E-state index is -4.46. The van der Waals surface area contributed by atoms with Gasteiger partial charge in [-0.25, -0.2) is 0 Å². The molecular formula is C48H89NO6S. The zero-order valence-electron chi connectivity index (χ0n) is 36.4. The maximum Gasteiger partial charge on any atom is 0.267 e. The number of allylic oxidation sites excluding steroid dienone is 7. The minimum Gasteiger partial charge on any atom is -0.387 e. The van der Waals surface area contributed by atoms with Gasteiger partial charge in [0.25, 0.3) is 10.1 Å². The first kappa shape index (κ1) is 54.3. The van der Waals surface area contributed by atoms with Crippen LogP contribution in [0.2, 0.25) is 0 Å². The van der Waals surface area contributed by atoms with Crippen molar-refractivity contribution in [1.29, 1.82) is 0 Å². The van der Waals surface area contributed by atoms with Gasteiger partial charge in [0, 0.05) is 0 Å². The predicted octanol–water partition coefficient (Wildman–Crippen LogP) is 13.2. The zero-order chi connectivity index (χ0) is 41.2. The van der Waals surface area contributed by atoms with Crippen molar-refractivity contribution < 1.29 is 28.0 Å². The third-order valence-electron chi connectivity index (χ3n) is 10.6. The SMILES string of the molecule is CC/C=C\C/C=C\CCCCCCCCCCCCCCCC(O)C(=O)NC(CS(=O)(=O)O)C(O)/C=C/CC/C=C/CCCCCCCCCCCCCCC. The summed E-state index contributed by atoms with van der Waals surface area (Å²) in [6.07, 6.45) is 53.2. The molecule has 0 aromatic heterocycles. The number of carbonyl (C=O) groups is 1. The van der Waals surface area contributed by atoms with E-state index in [-0.39, 0.29) is 6.42 Å². The van der Waals surface area contributed by atoms with Crippen molar-refractivity contribution in [3.8, 4) is 0 Å². The van der Waals surface area contributed by atoms with Gasteiger partial charge in [-0.05, 0) is 57.8 Å². The van der Waals surface area contributed by atoms with Gasteiger partial charge in [0.15, 0.2) is 0 Å². The van der Waals surface area contributed by atoms with Crippen LogP contribution in [0.5, 0.6) is 0 Å². The second-order valence-corrected chi connectivity index (χ2v) is 17.6. The quantitative estimate of drug-likeness (QED) is 0.0277. The lowest BCUT2D eigenvalue weighted by Crippen LogP contribution is -2.50. The van der Waals surface area contributed by atoms with E-state index < -0.39 is 40.0 Å². The van der Waals surface area contributed by atoms with Crippen LogP contribution in [-0.2, 0) is 14.9 Å². The summed E-state index contributed by atoms with van der Waals surface area (Å²) < 4.78 is 32.6. The Labute approximate surface area is 346 Å². The van der Waals surface area contributed by atoms with E-state index in [1.54, 1.807) is 6.08 Å². The summed E-state index contributed by atoms with van der Waals surface area (Å²) in [5.41, 5.74) is 0. The number of carbonyl (C=O) groups excluding carboxylic acids is 1. The van der Waals surface area contributed by atoms with Gasteiger partial charge in [0.2, 0.25) is 5.91 Å². The molecule has 328 valence electrons. The molecule has 0 aliphatic rings. The first-order valence-electron chi connectivity index (χ1n) is 23.4. The van der Waals surface area contributed by atoms with Crippen LogP contribution in [0.25, 0.3) is 0 Å². The fraction of sp³-hybridized carbons (Fsp3) is 0.812. The highest BCUT2D eigenvalue weighted by atomic mass is 32.2. The van der Waals surface area contributed by atoms with Gasteiger partial charge < -0.3 is 15.5 Å². The van der Waals surface area contributed by atoms with Crippen molar-refractivity contribution in [2.75, 3.05) is 5.75 Å². The average Bonchev–Trinajstić information content (AvgIpc) is 3.17. The molecule has 0 radical (unpaired) electrons. The molecule has 0 aliphatic carbocycles. The molecule has 0 fully saturated rings. The summed E-state index contributed by atoms with van der Waals surface area (Å²) in [5, 5.41) is 23.5. The van der Waals surface area contributed by atoms with Gasteiger partial charge in [-0.2, -0.15) is 8.42 Å². The summed E-state index contributed by atoms with van der Waals surface area (Å²) in [5.74, 6) is -1.56. The Morgan fingerprint density at radius 3 is 1.38 bits per heavy atom. The van der Waals surface area contributed by atoms with Crippen LogP contribution in [0.1, 0.15) is 226 Å². The molecule has 7 nitrogen and oxygen atoms in total. The third kappa shape index (κ3) is 40.5. The van der Waals surface area contributed by atoms with Gasteiger partial charge in [-0.15, -0.1) is 0 Å². The van der Waals surface area contributed by atoms with Gasteiger partial charge in [0.05, 0.1) is 17.9 Å². The first-order chi connectivity index (χ1) is 27.2. The monoisotopic (exact) mass is 808 g/mol. The van der Waals surface area contributed by atoms with Crippen molar-refractivity contribution in [2.45, 2.75) is 244 Å². The molecular weight excluding hydrogens is 719 g/mol. The Balaban J connectivity index is 3.98. The fourth-order valence-electron chi connectivity index (χ4n) is 7.04. The van der Waals surface area contributed by atoms with Crippen LogP contribution in [0.3, 0.4) is 0 Å². The maximum atomic E-state index is 12.6. The second kappa shape index (κ2) is 41.4. The molecule has 0 rings (SSSR count). The number of rotatable bonds is 42. The van der Waals surface area contributed by atoms with Crippen LogP contribution in [0.4, 0.5) is 0 Å². The van der Waals surface area contributed by atoms with E-state index in [0.717, 1.165) is 44.9 Å². The van der Waals surface area contributed by atoms with Crippen molar-refractivity contribution in [2.24, 2.45) is 0 Å². The topological polar surface area (TPSA) is 124 Å². The second-order valence-electron chi connectivity index (χ2n) is 16.1. The molecule has 8 heteroatoms. The average molecular weight is 808 g/mol. The minimum absolute atomic E-state index is 0.272. The molecule has 4 N–H and O–H groups in total. The Bertz CT molecular complexity index is 1090. The van der Waals surface area contributed by atoms with Crippen LogP contribution >= 0.6 is 0 Å². The van der Waals surface area contributed by atoms with Crippen LogP contribution in [0.15, 0.2) is 48.6 Å². The largest absolute Gasteiger partial charge is 0.387 e. The highest BCUT2D eigenvalue weighted by Gasteiger charge is 2.27. The number of hydrogen-bond acceptors (Lipinski definition) is 5. The fourth-order valence-corrected chi connectivity index (χ4v) is 7.77. The molecule has 0 spiro atoms. The molecule has 0 aromatic rings. The summed E-state index contributed by atoms with van der Waals surface area (Å²) in [4.78, 5) is 12.6. The van der Waals surface area contributed by atoms with Gasteiger partial charge in [0.1, 0.15) is 6.10 Å². The number of amides is 1. The molecule has 0 aliphatic heterocycles. The van der Waals surface area contributed by atoms with E-state index >= 15 is 0 Å². The van der Waals surface area contributed by atoms with Crippen molar-refractivity contribution >= 4 is 16.0 Å². The Morgan fingerprint density at radius 2 is 0.911 bits per heavy atom. The zero-order valence-corrected chi connectivity index (χ0v) is 37.2. The van der Waals surface area contributed by atoms with Crippen molar-refractivity contribution in [3.05, 3.63) is 48.6 Å². The lowest BCUT2D eigenvalue weighted by atomic mass is 10.0. The lowest BCUT2D eigenvalue weighted by molar-refractivity contribution is -0.130. The summed E-state index contributed by atoms with van der Waals surface area (Å²) in [6, 6.07) is -1.25. The standard InChI is InChI=1S/C48H89NO6S/c1-3-5-7-9-11-13-15-17-19-21-23-25-27-29-31-33-35-37-39-41-43-47(51)48(52)49-45(44-56(53,54)55)46(50)42-40-38-36-34-32-30-28-26-24-22-20-18-16-14-12-10-8-6-4-2/h5,7,11,13,32,34,40,42,45-47,50-51H,3-4,6,8-10,12,14-31,33,35-39,41,43-44H2,1-2H3,(H,49,52)(H,53,54,55)/b7-5-,13-11-,34-32+,42-40+. The van der Waals surface area contributed by atoms with E-state index in [2.05, 4.69) is 55.6 Å². The highest BCUT2D eigenvalue weighted by molar-refractivity contribution is 7.85. The molecule has 56 heavy (non-hydrogen) atoms. The van der Waals surface area contributed by atoms with Crippen molar-refractivity contribution in [3.63, 3.8) is 0 Å². The number of nitrogens with one attached hydrogen (secondary N) is 1. The Kier molecular flexibility index (Phi) is 40.1. The highest BCUT2D eigenvalue weighted by Crippen LogP contribution is 2.16. The third-order valence-corrected chi connectivity index (χ3v) is 11.4. The normalized spacial score (nSPS) is 14.2. The predicted molar refractivity (Wildman–Crippen MR) is 241 cm³/mol. The molecule has 3 unspecified atom stereocenters. The van der Waals surface area contributed by atoms with Crippen LogP contribution < -0.4 is 5.32 Å². The molecule has 0 saturated carbocycles. The first-order valence-corrected chi connectivity index (χ1v) is 25.1. The lowest BCUT2D eigenvalue weighted by Gasteiger charge is -2.22. The molecule has 0 heterocycles. The number of unbranched alkanes of at least 4 members (excludes halogenated alkanes) is 27. The molecule has 3 atom stereocenters. The van der Waals surface area contributed by atoms with E-state index in [1.165, 1.54) is 154 Å². The van der Waals surface area contributed by atoms with Crippen LogP contribution in [-0.4, -0.2) is 53.1 Å². The van der Waals surface area contributed by atoms with Gasteiger partial charge in [-0.3, -0.25) is 9.35 Å². The van der Waals surface area contributed by atoms with E-state index in [0.29, 0.717) is 12.8 Å².